The molecular weight excluding hydrogens is 300 g/mol. The number of hydrogen-bond acceptors (Lipinski definition) is 5. The van der Waals surface area contributed by atoms with E-state index in [1.807, 2.05) is 0 Å². The average Bonchev–Trinajstić information content (AvgIpc) is 2.28. The predicted octanol–water partition coefficient (Wildman–Crippen LogP) is -0.545. The molecule has 110 valence electrons. The van der Waals surface area contributed by atoms with Crippen molar-refractivity contribution in [1.29, 1.82) is 0 Å². The van der Waals surface area contributed by atoms with Gasteiger partial charge in [0.15, 0.2) is 0 Å². The molecule has 0 aliphatic carbocycles. The average molecular weight is 315 g/mol. The van der Waals surface area contributed by atoms with E-state index in [9.17, 15) is 19.1 Å². The number of hydrogen-bond donors (Lipinski definition) is 4. The standard InChI is InChI=1S/C8H13NO7P2.H2O/c1-16-18(14,15)8(10,17(11,12)13)6-7-4-2-3-5-9-7;/h2-5,10H,6H2,1H3,(H,14,15)(H2,11,12,13);1H2. The minimum absolute atomic E-state index is 0. The molecule has 0 aliphatic heterocycles. The summed E-state index contributed by atoms with van der Waals surface area (Å²) in [4.78, 5) is 31.3. The van der Waals surface area contributed by atoms with Crippen LogP contribution in [0.4, 0.5) is 0 Å². The van der Waals surface area contributed by atoms with Crippen molar-refractivity contribution in [1.82, 2.24) is 4.98 Å². The fraction of sp³-hybridized carbons (Fsp3) is 0.375. The highest BCUT2D eigenvalue weighted by atomic mass is 31.2. The Hall–Kier alpha value is -0.630. The van der Waals surface area contributed by atoms with E-state index >= 15 is 0 Å². The summed E-state index contributed by atoms with van der Waals surface area (Å²) in [5, 5.41) is 6.67. The van der Waals surface area contributed by atoms with Crippen LogP contribution < -0.4 is 0 Å². The number of pyridine rings is 1. The van der Waals surface area contributed by atoms with Gasteiger partial charge in [0.2, 0.25) is 0 Å². The molecule has 11 heteroatoms. The molecule has 2 unspecified atom stereocenters. The third-order valence-corrected chi connectivity index (χ3v) is 6.50. The molecule has 0 radical (unpaired) electrons. The van der Waals surface area contributed by atoms with E-state index in [1.54, 1.807) is 6.07 Å². The van der Waals surface area contributed by atoms with E-state index in [-0.39, 0.29) is 11.2 Å². The first-order chi connectivity index (χ1) is 8.14. The van der Waals surface area contributed by atoms with E-state index in [0.29, 0.717) is 0 Å². The first-order valence-electron chi connectivity index (χ1n) is 4.70. The largest absolute Gasteiger partial charge is 0.412 e. The Kier molecular flexibility index (Phi) is 6.01. The minimum atomic E-state index is -5.31. The summed E-state index contributed by atoms with van der Waals surface area (Å²) in [6.07, 6.45) is 0.518. The van der Waals surface area contributed by atoms with Crippen molar-refractivity contribution in [2.75, 3.05) is 7.11 Å². The van der Waals surface area contributed by atoms with Gasteiger partial charge < -0.3 is 29.8 Å². The van der Waals surface area contributed by atoms with E-state index < -0.39 is 26.7 Å². The van der Waals surface area contributed by atoms with E-state index in [2.05, 4.69) is 9.51 Å². The Bertz CT molecular complexity index is 503. The molecule has 0 saturated carbocycles. The number of rotatable bonds is 5. The van der Waals surface area contributed by atoms with Crippen LogP contribution in [-0.2, 0) is 20.1 Å². The highest BCUT2D eigenvalue weighted by molar-refractivity contribution is 7.72. The molecule has 0 aromatic carbocycles. The van der Waals surface area contributed by atoms with Crippen LogP contribution in [-0.4, -0.2) is 42.4 Å². The van der Waals surface area contributed by atoms with Crippen LogP contribution in [0.5, 0.6) is 0 Å². The molecule has 1 rings (SSSR count). The maximum atomic E-state index is 11.6. The molecule has 1 heterocycles. The highest BCUT2D eigenvalue weighted by Crippen LogP contribution is 2.70. The molecule has 0 fully saturated rings. The van der Waals surface area contributed by atoms with Crippen LogP contribution in [0.1, 0.15) is 5.69 Å². The summed E-state index contributed by atoms with van der Waals surface area (Å²) >= 11 is 0. The quantitative estimate of drug-likeness (QED) is 0.525. The molecule has 1 aromatic heterocycles. The molecule has 2 atom stereocenters. The van der Waals surface area contributed by atoms with Crippen molar-refractivity contribution in [3.8, 4) is 0 Å². The molecule has 0 spiro atoms. The van der Waals surface area contributed by atoms with Crippen LogP contribution in [0.2, 0.25) is 0 Å². The summed E-state index contributed by atoms with van der Waals surface area (Å²) in [5.41, 5.74) is 0.0506. The normalized spacial score (nSPS) is 17.9. The van der Waals surface area contributed by atoms with Gasteiger partial charge in [0, 0.05) is 25.4 Å². The zero-order chi connectivity index (χ0) is 14.0. The second-order valence-electron chi connectivity index (χ2n) is 3.52. The van der Waals surface area contributed by atoms with Crippen LogP contribution >= 0.6 is 15.2 Å². The lowest BCUT2D eigenvalue weighted by atomic mass is 10.3. The molecule has 19 heavy (non-hydrogen) atoms. The minimum Gasteiger partial charge on any atom is -0.412 e. The van der Waals surface area contributed by atoms with Gasteiger partial charge in [-0.1, -0.05) is 6.07 Å². The fourth-order valence-electron chi connectivity index (χ4n) is 1.26. The second-order valence-corrected chi connectivity index (χ2v) is 7.85. The molecule has 0 aliphatic rings. The Balaban J connectivity index is 0.00000324. The first-order valence-corrected chi connectivity index (χ1v) is 7.89. The molecular formula is C8H15NO8P2. The molecule has 1 aromatic rings. The van der Waals surface area contributed by atoms with Crippen molar-refractivity contribution < 1.29 is 38.9 Å². The topological polar surface area (TPSA) is 169 Å². The number of nitrogens with zero attached hydrogens (tertiary/aromatic N) is 1. The first kappa shape index (κ1) is 18.4. The zero-order valence-electron chi connectivity index (χ0n) is 9.87. The second kappa shape index (κ2) is 6.21. The summed E-state index contributed by atoms with van der Waals surface area (Å²) in [7, 11) is -9.47. The SMILES string of the molecule is COP(=O)(O)C(O)(Cc1ccccn1)P(=O)(O)O.O. The van der Waals surface area contributed by atoms with Crippen LogP contribution in [0.15, 0.2) is 24.4 Å². The number of aliphatic hydroxyl groups is 1. The third kappa shape index (κ3) is 3.68. The van der Waals surface area contributed by atoms with Crippen molar-refractivity contribution in [2.24, 2.45) is 0 Å². The molecule has 0 saturated heterocycles. The van der Waals surface area contributed by atoms with Gasteiger partial charge in [0.25, 0.3) is 5.08 Å². The van der Waals surface area contributed by atoms with Gasteiger partial charge in [0.1, 0.15) is 0 Å². The molecule has 6 N–H and O–H groups in total. The lowest BCUT2D eigenvalue weighted by Crippen LogP contribution is -2.32. The monoisotopic (exact) mass is 315 g/mol. The molecule has 0 bridgehead atoms. The van der Waals surface area contributed by atoms with Gasteiger partial charge in [-0.15, -0.1) is 0 Å². The van der Waals surface area contributed by atoms with E-state index in [1.165, 1.54) is 18.3 Å². The van der Waals surface area contributed by atoms with Crippen molar-refractivity contribution in [2.45, 2.75) is 11.5 Å². The Morgan fingerprint density at radius 3 is 2.26 bits per heavy atom. The van der Waals surface area contributed by atoms with Gasteiger partial charge in [-0.05, 0) is 12.1 Å². The van der Waals surface area contributed by atoms with E-state index in [0.717, 1.165) is 7.11 Å². The van der Waals surface area contributed by atoms with Crippen molar-refractivity contribution in [3.05, 3.63) is 30.1 Å². The van der Waals surface area contributed by atoms with Crippen LogP contribution in [0, 0.1) is 0 Å². The maximum absolute atomic E-state index is 11.6. The Morgan fingerprint density at radius 2 is 1.89 bits per heavy atom. The van der Waals surface area contributed by atoms with Gasteiger partial charge >= 0.3 is 15.2 Å². The Labute approximate surface area is 108 Å². The van der Waals surface area contributed by atoms with Gasteiger partial charge in [-0.3, -0.25) is 14.1 Å². The summed E-state index contributed by atoms with van der Waals surface area (Å²) in [6.45, 7) is 0. The predicted molar refractivity (Wildman–Crippen MR) is 65.4 cm³/mol. The lowest BCUT2D eigenvalue weighted by molar-refractivity contribution is 0.123. The van der Waals surface area contributed by atoms with Gasteiger partial charge in [-0.25, -0.2) is 0 Å². The van der Waals surface area contributed by atoms with Crippen LogP contribution in [0.3, 0.4) is 0 Å². The van der Waals surface area contributed by atoms with Gasteiger partial charge in [-0.2, -0.15) is 0 Å². The van der Waals surface area contributed by atoms with Crippen molar-refractivity contribution in [3.63, 3.8) is 0 Å². The van der Waals surface area contributed by atoms with Crippen LogP contribution in [0.25, 0.3) is 0 Å². The molecule has 9 nitrogen and oxygen atoms in total. The Morgan fingerprint density at radius 1 is 1.32 bits per heavy atom. The molecule has 0 amide bonds. The highest BCUT2D eigenvalue weighted by Gasteiger charge is 2.60. The van der Waals surface area contributed by atoms with E-state index in [4.69, 9.17) is 9.79 Å². The fourth-order valence-corrected chi connectivity index (χ4v) is 3.84. The maximum Gasteiger partial charge on any atom is 0.372 e. The lowest BCUT2D eigenvalue weighted by Gasteiger charge is -2.30. The zero-order valence-corrected chi connectivity index (χ0v) is 11.7. The summed E-state index contributed by atoms with van der Waals surface area (Å²) in [6, 6.07) is 4.42. The third-order valence-electron chi connectivity index (χ3n) is 2.31. The smallest absolute Gasteiger partial charge is 0.372 e. The number of aromatic nitrogens is 1. The summed E-state index contributed by atoms with van der Waals surface area (Å²) < 4.78 is 27.0. The van der Waals surface area contributed by atoms with Crippen molar-refractivity contribution >= 4 is 15.2 Å². The van der Waals surface area contributed by atoms with Gasteiger partial charge in [0.05, 0.1) is 0 Å². The summed E-state index contributed by atoms with van der Waals surface area (Å²) in [5.74, 6) is 0.